The summed E-state index contributed by atoms with van der Waals surface area (Å²) in [5.74, 6) is 0.811. The Morgan fingerprint density at radius 3 is 2.84 bits per heavy atom. The molecule has 0 spiro atoms. The molecule has 0 fully saturated rings. The van der Waals surface area contributed by atoms with Gasteiger partial charge >= 0.3 is 0 Å². The van der Waals surface area contributed by atoms with Crippen molar-refractivity contribution in [2.24, 2.45) is 5.73 Å². The summed E-state index contributed by atoms with van der Waals surface area (Å²) in [7, 11) is 1.67. The zero-order valence-corrected chi connectivity index (χ0v) is 11.4. The van der Waals surface area contributed by atoms with E-state index < -0.39 is 0 Å². The average Bonchev–Trinajstić information content (AvgIpc) is 2.87. The van der Waals surface area contributed by atoms with Gasteiger partial charge in [0.15, 0.2) is 0 Å². The molecule has 1 aromatic heterocycles. The van der Waals surface area contributed by atoms with E-state index in [1.54, 1.807) is 7.11 Å². The third-order valence-electron chi connectivity index (χ3n) is 2.98. The van der Waals surface area contributed by atoms with Crippen LogP contribution >= 0.6 is 0 Å². The Kier molecular flexibility index (Phi) is 4.41. The molecule has 5 heteroatoms. The van der Waals surface area contributed by atoms with Crippen molar-refractivity contribution in [2.75, 3.05) is 25.5 Å². The molecule has 0 amide bonds. The van der Waals surface area contributed by atoms with E-state index in [9.17, 15) is 0 Å². The van der Waals surface area contributed by atoms with Crippen molar-refractivity contribution in [1.29, 1.82) is 0 Å². The number of hydrogen-bond donors (Lipinski definition) is 2. The smallest absolute Gasteiger partial charge is 0.144 e. The highest BCUT2D eigenvalue weighted by Gasteiger charge is 2.13. The van der Waals surface area contributed by atoms with Gasteiger partial charge in [0.05, 0.1) is 24.7 Å². The summed E-state index contributed by atoms with van der Waals surface area (Å²) in [5, 5.41) is 7.74. The molecular formula is C14H20N4O. The van der Waals surface area contributed by atoms with Crippen LogP contribution in [0.4, 0.5) is 5.69 Å². The Morgan fingerprint density at radius 1 is 1.37 bits per heavy atom. The lowest BCUT2D eigenvalue weighted by Crippen LogP contribution is -2.14. The number of aromatic nitrogens is 2. The van der Waals surface area contributed by atoms with Gasteiger partial charge in [-0.15, -0.1) is 0 Å². The number of benzene rings is 1. The maximum Gasteiger partial charge on any atom is 0.144 e. The molecular weight excluding hydrogens is 240 g/mol. The van der Waals surface area contributed by atoms with Crippen molar-refractivity contribution in [3.8, 4) is 11.4 Å². The fourth-order valence-electron chi connectivity index (χ4n) is 2.08. The van der Waals surface area contributed by atoms with Gasteiger partial charge in [-0.2, -0.15) is 5.10 Å². The van der Waals surface area contributed by atoms with Gasteiger partial charge in [0.25, 0.3) is 0 Å². The molecule has 0 saturated heterocycles. The minimum Gasteiger partial charge on any atom is -0.494 e. The standard InChI is InChI=1S/C14H20N4O/c1-3-12-11(16-9-8-15)10-17-18(12)13-6-4-5-7-14(13)19-2/h4-7,10,16H,3,8-9,15H2,1-2H3. The maximum atomic E-state index is 5.52. The van der Waals surface area contributed by atoms with Gasteiger partial charge in [-0.25, -0.2) is 4.68 Å². The van der Waals surface area contributed by atoms with Crippen LogP contribution in [0.1, 0.15) is 12.6 Å². The van der Waals surface area contributed by atoms with Crippen LogP contribution in [0.15, 0.2) is 30.5 Å². The molecule has 0 aliphatic carbocycles. The molecule has 0 saturated carbocycles. The first-order chi connectivity index (χ1) is 9.31. The molecule has 0 unspecified atom stereocenters. The monoisotopic (exact) mass is 260 g/mol. The van der Waals surface area contributed by atoms with Gasteiger partial charge in [-0.3, -0.25) is 0 Å². The Labute approximate surface area is 113 Å². The number of hydrogen-bond acceptors (Lipinski definition) is 4. The van der Waals surface area contributed by atoms with Gasteiger partial charge in [0.2, 0.25) is 0 Å². The summed E-state index contributed by atoms with van der Waals surface area (Å²) in [6.07, 6.45) is 2.71. The molecule has 0 radical (unpaired) electrons. The minimum atomic E-state index is 0.600. The van der Waals surface area contributed by atoms with E-state index in [1.807, 2.05) is 35.1 Å². The van der Waals surface area contributed by atoms with Gasteiger partial charge < -0.3 is 15.8 Å². The first-order valence-corrected chi connectivity index (χ1v) is 6.46. The van der Waals surface area contributed by atoms with E-state index >= 15 is 0 Å². The Morgan fingerprint density at radius 2 is 2.16 bits per heavy atom. The van der Waals surface area contributed by atoms with E-state index in [0.717, 1.165) is 35.8 Å². The number of nitrogens with one attached hydrogen (secondary N) is 1. The molecule has 5 nitrogen and oxygen atoms in total. The Balaban J connectivity index is 2.41. The topological polar surface area (TPSA) is 65.1 Å². The third-order valence-corrected chi connectivity index (χ3v) is 2.98. The van der Waals surface area contributed by atoms with Gasteiger partial charge in [-0.05, 0) is 18.6 Å². The van der Waals surface area contributed by atoms with Crippen molar-refractivity contribution in [3.63, 3.8) is 0 Å². The zero-order chi connectivity index (χ0) is 13.7. The SMILES string of the molecule is CCc1c(NCCN)cnn1-c1ccccc1OC. The van der Waals surface area contributed by atoms with Crippen LogP contribution < -0.4 is 15.8 Å². The molecule has 0 bridgehead atoms. The second-order valence-electron chi connectivity index (χ2n) is 4.16. The molecule has 1 aromatic carbocycles. The third kappa shape index (κ3) is 2.71. The maximum absolute atomic E-state index is 5.52. The average molecular weight is 260 g/mol. The minimum absolute atomic E-state index is 0.600. The van der Waals surface area contributed by atoms with Gasteiger partial charge in [0, 0.05) is 13.1 Å². The summed E-state index contributed by atoms with van der Waals surface area (Å²) >= 11 is 0. The number of nitrogens with two attached hydrogens (primary N) is 1. The number of ether oxygens (including phenoxy) is 1. The molecule has 2 aromatic rings. The molecule has 2 rings (SSSR count). The summed E-state index contributed by atoms with van der Waals surface area (Å²) < 4.78 is 7.30. The lowest BCUT2D eigenvalue weighted by Gasteiger charge is -2.12. The van der Waals surface area contributed by atoms with Crippen molar-refractivity contribution in [1.82, 2.24) is 9.78 Å². The lowest BCUT2D eigenvalue weighted by atomic mass is 10.2. The van der Waals surface area contributed by atoms with Crippen LogP contribution in [0.3, 0.4) is 0 Å². The van der Waals surface area contributed by atoms with E-state index in [-0.39, 0.29) is 0 Å². The highest BCUT2D eigenvalue weighted by Crippen LogP contribution is 2.26. The predicted octanol–water partition coefficient (Wildman–Crippen LogP) is 1.81. The highest BCUT2D eigenvalue weighted by atomic mass is 16.5. The van der Waals surface area contributed by atoms with Crippen LogP contribution in [0, 0.1) is 0 Å². The van der Waals surface area contributed by atoms with Crippen LogP contribution in [-0.4, -0.2) is 30.0 Å². The molecule has 0 aliphatic heterocycles. The van der Waals surface area contributed by atoms with E-state index in [2.05, 4.69) is 17.3 Å². The fourth-order valence-corrected chi connectivity index (χ4v) is 2.08. The van der Waals surface area contributed by atoms with Crippen LogP contribution in [0.5, 0.6) is 5.75 Å². The van der Waals surface area contributed by atoms with Crippen molar-refractivity contribution in [3.05, 3.63) is 36.2 Å². The van der Waals surface area contributed by atoms with Crippen molar-refractivity contribution < 1.29 is 4.74 Å². The first-order valence-electron chi connectivity index (χ1n) is 6.46. The number of methoxy groups -OCH3 is 1. The summed E-state index contributed by atoms with van der Waals surface area (Å²) in [4.78, 5) is 0. The molecule has 0 atom stereocenters. The molecule has 19 heavy (non-hydrogen) atoms. The zero-order valence-electron chi connectivity index (χ0n) is 11.4. The van der Waals surface area contributed by atoms with Crippen molar-refractivity contribution >= 4 is 5.69 Å². The summed E-state index contributed by atoms with van der Waals surface area (Å²) in [6, 6.07) is 7.86. The normalized spacial score (nSPS) is 10.5. The highest BCUT2D eigenvalue weighted by molar-refractivity contribution is 5.54. The molecule has 3 N–H and O–H groups in total. The number of nitrogens with zero attached hydrogens (tertiary/aromatic N) is 2. The quantitative estimate of drug-likeness (QED) is 0.831. The van der Waals surface area contributed by atoms with E-state index in [4.69, 9.17) is 10.5 Å². The Hall–Kier alpha value is -2.01. The molecule has 1 heterocycles. The largest absolute Gasteiger partial charge is 0.494 e. The second-order valence-corrected chi connectivity index (χ2v) is 4.16. The fraction of sp³-hybridized carbons (Fsp3) is 0.357. The predicted molar refractivity (Wildman–Crippen MR) is 77.0 cm³/mol. The number of anilines is 1. The second kappa shape index (κ2) is 6.24. The number of rotatable bonds is 6. The molecule has 0 aliphatic rings. The summed E-state index contributed by atoms with van der Waals surface area (Å²) in [6.45, 7) is 3.45. The van der Waals surface area contributed by atoms with Crippen LogP contribution in [0.2, 0.25) is 0 Å². The van der Waals surface area contributed by atoms with Gasteiger partial charge in [0.1, 0.15) is 11.4 Å². The van der Waals surface area contributed by atoms with E-state index in [1.165, 1.54) is 0 Å². The lowest BCUT2D eigenvalue weighted by molar-refractivity contribution is 0.411. The summed E-state index contributed by atoms with van der Waals surface area (Å²) in [5.41, 5.74) is 8.62. The van der Waals surface area contributed by atoms with Crippen LogP contribution in [0.25, 0.3) is 5.69 Å². The van der Waals surface area contributed by atoms with Crippen LogP contribution in [-0.2, 0) is 6.42 Å². The number of para-hydroxylation sites is 2. The Bertz CT molecular complexity index is 536. The first kappa shape index (κ1) is 13.4. The molecule has 102 valence electrons. The van der Waals surface area contributed by atoms with Gasteiger partial charge in [-0.1, -0.05) is 19.1 Å². The van der Waals surface area contributed by atoms with Crippen molar-refractivity contribution in [2.45, 2.75) is 13.3 Å². The van der Waals surface area contributed by atoms with E-state index in [0.29, 0.717) is 6.54 Å².